The van der Waals surface area contributed by atoms with Gasteiger partial charge in [-0.1, -0.05) is 35.0 Å². The maximum Gasteiger partial charge on any atom is 0.165 e. The van der Waals surface area contributed by atoms with Gasteiger partial charge in [0.15, 0.2) is 11.5 Å². The van der Waals surface area contributed by atoms with Gasteiger partial charge in [-0.15, -0.1) is 0 Å². The summed E-state index contributed by atoms with van der Waals surface area (Å²) in [5, 5.41) is 3.45. The Morgan fingerprint density at radius 1 is 1.00 bits per heavy atom. The minimum Gasteiger partial charge on any atom is -0.497 e. The smallest absolute Gasteiger partial charge is 0.165 e. The van der Waals surface area contributed by atoms with Gasteiger partial charge in [0, 0.05) is 23.1 Å². The quantitative estimate of drug-likeness (QED) is 0.678. The summed E-state index contributed by atoms with van der Waals surface area (Å²) in [6.07, 6.45) is 0.956. The molecule has 0 aliphatic heterocycles. The monoisotopic (exact) mass is 393 g/mol. The normalized spacial score (nSPS) is 10.5. The number of methoxy groups -OCH3 is 2. The molecule has 0 fully saturated rings. The van der Waals surface area contributed by atoms with Crippen LogP contribution in [0.25, 0.3) is 0 Å². The van der Waals surface area contributed by atoms with Gasteiger partial charge in [-0.05, 0) is 36.2 Å². The summed E-state index contributed by atoms with van der Waals surface area (Å²) in [7, 11) is 3.33. The first kappa shape index (κ1) is 18.6. The average molecular weight is 394 g/mol. The van der Waals surface area contributed by atoms with Crippen molar-refractivity contribution in [1.29, 1.82) is 0 Å². The van der Waals surface area contributed by atoms with Crippen LogP contribution in [0.5, 0.6) is 17.2 Å². The maximum atomic E-state index is 5.89. The SMILES string of the molecule is CCCOc1c(CNCc2ccc(OC)cc2)cc(Br)cc1OC. The molecule has 0 aromatic heterocycles. The minimum absolute atomic E-state index is 0.670. The van der Waals surface area contributed by atoms with Crippen LogP contribution in [-0.2, 0) is 13.1 Å². The van der Waals surface area contributed by atoms with E-state index in [-0.39, 0.29) is 0 Å². The Labute approximate surface area is 152 Å². The molecule has 0 saturated heterocycles. The molecule has 2 rings (SSSR count). The van der Waals surface area contributed by atoms with E-state index in [0.29, 0.717) is 13.2 Å². The van der Waals surface area contributed by atoms with Crippen molar-refractivity contribution in [2.45, 2.75) is 26.4 Å². The van der Waals surface area contributed by atoms with Gasteiger partial charge in [-0.3, -0.25) is 0 Å². The van der Waals surface area contributed by atoms with E-state index in [1.165, 1.54) is 5.56 Å². The molecular weight excluding hydrogens is 370 g/mol. The van der Waals surface area contributed by atoms with Crippen LogP contribution in [0.1, 0.15) is 24.5 Å². The molecule has 0 spiro atoms. The van der Waals surface area contributed by atoms with Crippen molar-refractivity contribution in [1.82, 2.24) is 5.32 Å². The van der Waals surface area contributed by atoms with Crippen LogP contribution in [0.15, 0.2) is 40.9 Å². The van der Waals surface area contributed by atoms with Crippen molar-refractivity contribution in [3.05, 3.63) is 52.0 Å². The summed E-state index contributed by atoms with van der Waals surface area (Å²) in [5.41, 5.74) is 2.27. The van der Waals surface area contributed by atoms with Crippen LogP contribution in [0.4, 0.5) is 0 Å². The zero-order chi connectivity index (χ0) is 17.4. The van der Waals surface area contributed by atoms with Gasteiger partial charge < -0.3 is 19.5 Å². The third-order valence-corrected chi connectivity index (χ3v) is 4.03. The average Bonchev–Trinajstić information content (AvgIpc) is 2.61. The van der Waals surface area contributed by atoms with E-state index in [2.05, 4.69) is 46.4 Å². The Balaban J connectivity index is 2.05. The molecule has 0 saturated carbocycles. The van der Waals surface area contributed by atoms with E-state index >= 15 is 0 Å². The van der Waals surface area contributed by atoms with Crippen molar-refractivity contribution < 1.29 is 14.2 Å². The molecule has 0 atom stereocenters. The van der Waals surface area contributed by atoms with Gasteiger partial charge in [0.2, 0.25) is 0 Å². The summed E-state index contributed by atoms with van der Waals surface area (Å²) in [6, 6.07) is 12.0. The molecule has 0 bridgehead atoms. The summed E-state index contributed by atoms with van der Waals surface area (Å²) in [5.74, 6) is 2.43. The molecule has 0 amide bonds. The molecule has 130 valence electrons. The second kappa shape index (κ2) is 9.55. The molecule has 4 nitrogen and oxygen atoms in total. The second-order valence-corrected chi connectivity index (χ2v) is 6.31. The highest BCUT2D eigenvalue weighted by molar-refractivity contribution is 9.10. The van der Waals surface area contributed by atoms with Crippen LogP contribution < -0.4 is 19.5 Å². The van der Waals surface area contributed by atoms with E-state index in [1.807, 2.05) is 18.2 Å². The Bertz CT molecular complexity index is 644. The highest BCUT2D eigenvalue weighted by Gasteiger charge is 2.12. The molecule has 0 aliphatic carbocycles. The molecule has 24 heavy (non-hydrogen) atoms. The van der Waals surface area contributed by atoms with Crippen LogP contribution in [0, 0.1) is 0 Å². The lowest BCUT2D eigenvalue weighted by Gasteiger charge is -2.16. The van der Waals surface area contributed by atoms with Crippen molar-refractivity contribution in [2.75, 3.05) is 20.8 Å². The van der Waals surface area contributed by atoms with Gasteiger partial charge in [-0.2, -0.15) is 0 Å². The summed E-state index contributed by atoms with van der Waals surface area (Å²) in [6.45, 7) is 4.23. The van der Waals surface area contributed by atoms with E-state index in [9.17, 15) is 0 Å². The van der Waals surface area contributed by atoms with Gasteiger partial charge in [-0.25, -0.2) is 0 Å². The van der Waals surface area contributed by atoms with E-state index in [4.69, 9.17) is 14.2 Å². The standard InChI is InChI=1S/C19H24BrNO3/c1-4-9-24-19-15(10-16(20)11-18(19)23-3)13-21-12-14-5-7-17(22-2)8-6-14/h5-8,10-11,21H,4,9,12-13H2,1-3H3. The molecule has 0 aliphatic rings. The fraction of sp³-hybridized carbons (Fsp3) is 0.368. The topological polar surface area (TPSA) is 39.7 Å². The molecule has 2 aromatic rings. The Morgan fingerprint density at radius 2 is 1.75 bits per heavy atom. The first-order valence-electron chi connectivity index (χ1n) is 8.00. The second-order valence-electron chi connectivity index (χ2n) is 5.40. The van der Waals surface area contributed by atoms with Crippen molar-refractivity contribution in [3.8, 4) is 17.2 Å². The molecular formula is C19H24BrNO3. The number of rotatable bonds is 9. The van der Waals surface area contributed by atoms with Crippen molar-refractivity contribution in [3.63, 3.8) is 0 Å². The predicted molar refractivity (Wildman–Crippen MR) is 100 cm³/mol. The highest BCUT2D eigenvalue weighted by atomic mass is 79.9. The third kappa shape index (κ3) is 5.14. The van der Waals surface area contributed by atoms with Crippen molar-refractivity contribution >= 4 is 15.9 Å². The number of ether oxygens (including phenoxy) is 3. The summed E-state index contributed by atoms with van der Waals surface area (Å²) < 4.78 is 17.5. The number of nitrogens with one attached hydrogen (secondary N) is 1. The molecule has 2 aromatic carbocycles. The number of benzene rings is 2. The summed E-state index contributed by atoms with van der Waals surface area (Å²) >= 11 is 3.53. The Hall–Kier alpha value is -1.72. The lowest BCUT2D eigenvalue weighted by atomic mass is 10.1. The molecule has 0 radical (unpaired) electrons. The van der Waals surface area contributed by atoms with Crippen molar-refractivity contribution in [2.24, 2.45) is 0 Å². The lowest BCUT2D eigenvalue weighted by molar-refractivity contribution is 0.290. The van der Waals surface area contributed by atoms with E-state index in [1.54, 1.807) is 14.2 Å². The first-order valence-corrected chi connectivity index (χ1v) is 8.80. The fourth-order valence-corrected chi connectivity index (χ4v) is 2.84. The minimum atomic E-state index is 0.670. The van der Waals surface area contributed by atoms with Crippen LogP contribution in [0.3, 0.4) is 0 Å². The summed E-state index contributed by atoms with van der Waals surface area (Å²) in [4.78, 5) is 0. The number of hydrogen-bond donors (Lipinski definition) is 1. The van der Waals surface area contributed by atoms with Gasteiger partial charge in [0.25, 0.3) is 0 Å². The molecule has 0 heterocycles. The van der Waals surface area contributed by atoms with Gasteiger partial charge >= 0.3 is 0 Å². The van der Waals surface area contributed by atoms with E-state index in [0.717, 1.165) is 40.3 Å². The molecule has 1 N–H and O–H groups in total. The fourth-order valence-electron chi connectivity index (χ4n) is 2.36. The first-order chi connectivity index (χ1) is 11.7. The molecule has 5 heteroatoms. The predicted octanol–water partition coefficient (Wildman–Crippen LogP) is 4.54. The zero-order valence-electron chi connectivity index (χ0n) is 14.4. The zero-order valence-corrected chi connectivity index (χ0v) is 16.0. The largest absolute Gasteiger partial charge is 0.497 e. The molecule has 0 unspecified atom stereocenters. The maximum absolute atomic E-state index is 5.89. The van der Waals surface area contributed by atoms with E-state index < -0.39 is 0 Å². The van der Waals surface area contributed by atoms with Crippen LogP contribution in [0.2, 0.25) is 0 Å². The van der Waals surface area contributed by atoms with Gasteiger partial charge in [0.1, 0.15) is 5.75 Å². The Morgan fingerprint density at radius 3 is 2.38 bits per heavy atom. The lowest BCUT2D eigenvalue weighted by Crippen LogP contribution is -2.14. The number of hydrogen-bond acceptors (Lipinski definition) is 4. The van der Waals surface area contributed by atoms with Crippen LogP contribution in [-0.4, -0.2) is 20.8 Å². The third-order valence-electron chi connectivity index (χ3n) is 3.57. The highest BCUT2D eigenvalue weighted by Crippen LogP contribution is 2.35. The number of halogens is 1. The van der Waals surface area contributed by atoms with Crippen LogP contribution >= 0.6 is 15.9 Å². The van der Waals surface area contributed by atoms with Gasteiger partial charge in [0.05, 0.1) is 20.8 Å². The Kier molecular flexibility index (Phi) is 7.40.